The predicted molar refractivity (Wildman–Crippen MR) is 82.8 cm³/mol. The van der Waals surface area contributed by atoms with Crippen molar-refractivity contribution in [3.63, 3.8) is 0 Å². The highest BCUT2D eigenvalue weighted by molar-refractivity contribution is 5.94. The molecule has 1 aromatic carbocycles. The summed E-state index contributed by atoms with van der Waals surface area (Å²) in [6, 6.07) is 7.54. The lowest BCUT2D eigenvalue weighted by Gasteiger charge is -2.34. The molecule has 1 saturated heterocycles. The molecule has 0 aliphatic carbocycles. The zero-order chi connectivity index (χ0) is 15.4. The molecule has 3 N–H and O–H groups in total. The number of nitrogens with zero attached hydrogens (tertiary/aromatic N) is 1. The molecule has 0 spiro atoms. The number of likely N-dealkylation sites (tertiary alicyclic amines) is 1. The number of nitrogens with one attached hydrogen (secondary N) is 1. The predicted octanol–water partition coefficient (Wildman–Crippen LogP) is 1.52. The molecule has 0 aromatic heterocycles. The molecule has 1 aliphatic heterocycles. The molecular formula is C16H23N3O2. The van der Waals surface area contributed by atoms with Gasteiger partial charge in [0.25, 0.3) is 0 Å². The van der Waals surface area contributed by atoms with Gasteiger partial charge in [-0.25, -0.2) is 0 Å². The van der Waals surface area contributed by atoms with E-state index in [1.165, 1.54) is 0 Å². The van der Waals surface area contributed by atoms with E-state index in [1.807, 2.05) is 38.1 Å². The van der Waals surface area contributed by atoms with Gasteiger partial charge in [0.05, 0.1) is 6.04 Å². The highest BCUT2D eigenvalue weighted by Gasteiger charge is 2.28. The molecule has 1 heterocycles. The van der Waals surface area contributed by atoms with Crippen molar-refractivity contribution in [1.82, 2.24) is 4.90 Å². The minimum absolute atomic E-state index is 0.0172. The van der Waals surface area contributed by atoms with E-state index in [-0.39, 0.29) is 23.8 Å². The van der Waals surface area contributed by atoms with E-state index in [9.17, 15) is 9.59 Å². The van der Waals surface area contributed by atoms with Crippen molar-refractivity contribution in [3.8, 4) is 0 Å². The van der Waals surface area contributed by atoms with Crippen LogP contribution < -0.4 is 11.1 Å². The standard InChI is InChI=1S/C16H23N3O2/c1-11-3-5-14(6-4-11)18-16(21)12(2)19-9-7-13(8-10-19)15(17)20/h3-6,12-13H,7-10H2,1-2H3,(H2,17,20)(H,18,21)/t12-/m1/s1. The number of primary amides is 1. The first-order valence-electron chi connectivity index (χ1n) is 7.38. The van der Waals surface area contributed by atoms with Crippen LogP contribution >= 0.6 is 0 Å². The minimum atomic E-state index is -0.230. The van der Waals surface area contributed by atoms with Crippen molar-refractivity contribution >= 4 is 17.5 Å². The largest absolute Gasteiger partial charge is 0.369 e. The fraction of sp³-hybridized carbons (Fsp3) is 0.500. The van der Waals surface area contributed by atoms with Gasteiger partial charge in [-0.05, 0) is 51.9 Å². The van der Waals surface area contributed by atoms with Crippen LogP contribution in [0.2, 0.25) is 0 Å². The quantitative estimate of drug-likeness (QED) is 0.882. The number of hydrogen-bond donors (Lipinski definition) is 2. The van der Waals surface area contributed by atoms with Crippen LogP contribution in [0.5, 0.6) is 0 Å². The number of aryl methyl sites for hydroxylation is 1. The monoisotopic (exact) mass is 289 g/mol. The topological polar surface area (TPSA) is 75.4 Å². The number of rotatable bonds is 4. The normalized spacial score (nSPS) is 18.2. The molecule has 21 heavy (non-hydrogen) atoms. The van der Waals surface area contributed by atoms with E-state index < -0.39 is 0 Å². The first-order valence-corrected chi connectivity index (χ1v) is 7.38. The molecule has 5 heteroatoms. The summed E-state index contributed by atoms with van der Waals surface area (Å²) in [5.41, 5.74) is 7.30. The Labute approximate surface area is 125 Å². The van der Waals surface area contributed by atoms with Gasteiger partial charge in [0.1, 0.15) is 0 Å². The van der Waals surface area contributed by atoms with E-state index >= 15 is 0 Å². The molecule has 5 nitrogen and oxygen atoms in total. The fourth-order valence-electron chi connectivity index (χ4n) is 2.62. The Morgan fingerprint density at radius 3 is 2.33 bits per heavy atom. The summed E-state index contributed by atoms with van der Waals surface area (Å²) in [5.74, 6) is -0.295. The SMILES string of the molecule is Cc1ccc(NC(=O)[C@@H](C)N2CCC(C(N)=O)CC2)cc1. The summed E-state index contributed by atoms with van der Waals surface area (Å²) in [5, 5.41) is 2.93. The minimum Gasteiger partial charge on any atom is -0.369 e. The fourth-order valence-corrected chi connectivity index (χ4v) is 2.62. The van der Waals surface area contributed by atoms with Gasteiger partial charge < -0.3 is 11.1 Å². The number of amides is 2. The Morgan fingerprint density at radius 2 is 1.81 bits per heavy atom. The molecule has 1 atom stereocenters. The van der Waals surface area contributed by atoms with Crippen LogP contribution in [0.4, 0.5) is 5.69 Å². The second-order valence-electron chi connectivity index (χ2n) is 5.74. The Balaban J connectivity index is 1.88. The molecule has 1 aliphatic rings. The van der Waals surface area contributed by atoms with Crippen molar-refractivity contribution in [3.05, 3.63) is 29.8 Å². The van der Waals surface area contributed by atoms with Crippen molar-refractivity contribution in [2.24, 2.45) is 11.7 Å². The summed E-state index contributed by atoms with van der Waals surface area (Å²) in [6.07, 6.45) is 1.47. The highest BCUT2D eigenvalue weighted by atomic mass is 16.2. The summed E-state index contributed by atoms with van der Waals surface area (Å²) >= 11 is 0. The van der Waals surface area contributed by atoms with Crippen molar-refractivity contribution in [2.45, 2.75) is 32.7 Å². The second-order valence-corrected chi connectivity index (χ2v) is 5.74. The molecule has 0 unspecified atom stereocenters. The third-order valence-corrected chi connectivity index (χ3v) is 4.18. The molecule has 0 radical (unpaired) electrons. The molecule has 1 fully saturated rings. The molecule has 0 saturated carbocycles. The average Bonchev–Trinajstić information content (AvgIpc) is 2.49. The summed E-state index contributed by atoms with van der Waals surface area (Å²) in [6.45, 7) is 5.37. The van der Waals surface area contributed by atoms with Crippen LogP contribution in [0.15, 0.2) is 24.3 Å². The molecule has 2 amide bonds. The Morgan fingerprint density at radius 1 is 1.24 bits per heavy atom. The number of carbonyl (C=O) groups excluding carboxylic acids is 2. The maximum atomic E-state index is 12.3. The maximum Gasteiger partial charge on any atom is 0.241 e. The Hall–Kier alpha value is -1.88. The van der Waals surface area contributed by atoms with Gasteiger partial charge in [0.15, 0.2) is 0 Å². The zero-order valence-electron chi connectivity index (χ0n) is 12.6. The molecular weight excluding hydrogens is 266 g/mol. The van der Waals surface area contributed by atoms with E-state index in [0.29, 0.717) is 0 Å². The third kappa shape index (κ3) is 4.04. The van der Waals surface area contributed by atoms with E-state index in [0.717, 1.165) is 37.2 Å². The summed E-state index contributed by atoms with van der Waals surface area (Å²) in [4.78, 5) is 25.5. The van der Waals surface area contributed by atoms with Gasteiger partial charge in [0, 0.05) is 11.6 Å². The molecule has 114 valence electrons. The molecule has 2 rings (SSSR count). The van der Waals surface area contributed by atoms with Crippen LogP contribution in [0.25, 0.3) is 0 Å². The van der Waals surface area contributed by atoms with E-state index in [2.05, 4.69) is 10.2 Å². The van der Waals surface area contributed by atoms with Gasteiger partial charge >= 0.3 is 0 Å². The van der Waals surface area contributed by atoms with E-state index in [1.54, 1.807) is 0 Å². The first-order chi connectivity index (χ1) is 9.97. The maximum absolute atomic E-state index is 12.3. The Kier molecular flexibility index (Phi) is 4.96. The summed E-state index contributed by atoms with van der Waals surface area (Å²) < 4.78 is 0. The van der Waals surface area contributed by atoms with E-state index in [4.69, 9.17) is 5.73 Å². The average molecular weight is 289 g/mol. The lowest BCUT2D eigenvalue weighted by molar-refractivity contribution is -0.124. The molecule has 1 aromatic rings. The lowest BCUT2D eigenvalue weighted by atomic mass is 9.95. The van der Waals surface area contributed by atoms with Crippen molar-refractivity contribution in [1.29, 1.82) is 0 Å². The summed E-state index contributed by atoms with van der Waals surface area (Å²) in [7, 11) is 0. The van der Waals surface area contributed by atoms with Crippen LogP contribution in [-0.2, 0) is 9.59 Å². The Bertz CT molecular complexity index is 505. The van der Waals surface area contributed by atoms with Gasteiger partial charge in [-0.15, -0.1) is 0 Å². The van der Waals surface area contributed by atoms with Crippen LogP contribution in [0.3, 0.4) is 0 Å². The van der Waals surface area contributed by atoms with Gasteiger partial charge in [-0.2, -0.15) is 0 Å². The van der Waals surface area contributed by atoms with Gasteiger partial charge in [0.2, 0.25) is 11.8 Å². The van der Waals surface area contributed by atoms with Crippen molar-refractivity contribution < 1.29 is 9.59 Å². The first kappa shape index (κ1) is 15.5. The number of piperidine rings is 1. The van der Waals surface area contributed by atoms with Crippen LogP contribution in [-0.4, -0.2) is 35.8 Å². The molecule has 0 bridgehead atoms. The highest BCUT2D eigenvalue weighted by Crippen LogP contribution is 2.19. The van der Waals surface area contributed by atoms with Crippen molar-refractivity contribution in [2.75, 3.05) is 18.4 Å². The number of anilines is 1. The van der Waals surface area contributed by atoms with Crippen LogP contribution in [0.1, 0.15) is 25.3 Å². The third-order valence-electron chi connectivity index (χ3n) is 4.18. The smallest absolute Gasteiger partial charge is 0.241 e. The number of carbonyl (C=O) groups is 2. The number of hydrogen-bond acceptors (Lipinski definition) is 3. The van der Waals surface area contributed by atoms with Gasteiger partial charge in [-0.3, -0.25) is 14.5 Å². The van der Waals surface area contributed by atoms with Gasteiger partial charge in [-0.1, -0.05) is 17.7 Å². The number of nitrogens with two attached hydrogens (primary N) is 1. The zero-order valence-corrected chi connectivity index (χ0v) is 12.6. The number of benzene rings is 1. The lowest BCUT2D eigenvalue weighted by Crippen LogP contribution is -2.47. The van der Waals surface area contributed by atoms with Crippen LogP contribution in [0, 0.1) is 12.8 Å². The second kappa shape index (κ2) is 6.72.